The summed E-state index contributed by atoms with van der Waals surface area (Å²) < 4.78 is 24.5. The molecule has 0 heterocycles. The monoisotopic (exact) mass is 328 g/mol. The summed E-state index contributed by atoms with van der Waals surface area (Å²) >= 11 is 0. The van der Waals surface area contributed by atoms with E-state index < -0.39 is 20.1 Å². The third-order valence-electron chi connectivity index (χ3n) is 1.86. The Morgan fingerprint density at radius 2 is 1.90 bits per heavy atom. The summed E-state index contributed by atoms with van der Waals surface area (Å²) in [6.45, 7) is 7.99. The van der Waals surface area contributed by atoms with Crippen molar-refractivity contribution in [2.24, 2.45) is 0 Å². The first-order chi connectivity index (χ1) is 9.41. The Bertz CT molecular complexity index is 348. The quantitative estimate of drug-likeness (QED) is 0.224. The molecule has 0 aromatic carbocycles. The van der Waals surface area contributed by atoms with Crippen LogP contribution in [-0.4, -0.2) is 67.4 Å². The lowest BCUT2D eigenvalue weighted by Gasteiger charge is -2.24. The Balaban J connectivity index is 0. The van der Waals surface area contributed by atoms with Crippen LogP contribution in [0.3, 0.4) is 0 Å². The fourth-order valence-corrected chi connectivity index (χ4v) is 1.24. The molecule has 9 heteroatoms. The van der Waals surface area contributed by atoms with E-state index in [1.807, 2.05) is 0 Å². The Morgan fingerprint density at radius 1 is 1.38 bits per heavy atom. The zero-order valence-corrected chi connectivity index (χ0v) is 14.2. The number of phosphoric acid groups is 1. The number of nitrogens with zero attached hydrogens (tertiary/aromatic N) is 1. The number of hydrogen-bond donors (Lipinski definition) is 2. The van der Waals surface area contributed by atoms with Gasteiger partial charge in [0.25, 0.3) is 0 Å². The fourth-order valence-electron chi connectivity index (χ4n) is 0.906. The highest BCUT2D eigenvalue weighted by molar-refractivity contribution is 7.46. The van der Waals surface area contributed by atoms with E-state index in [4.69, 9.17) is 19.3 Å². The summed E-state index contributed by atoms with van der Waals surface area (Å²) in [6, 6.07) is 0. The highest BCUT2D eigenvalue weighted by Gasteiger charge is 2.11. The molecule has 0 spiro atoms. The number of hydrogen-bond acceptors (Lipinski definition) is 5. The lowest BCUT2D eigenvalue weighted by molar-refractivity contribution is -0.871. The number of ether oxygens (including phenoxy) is 2. The van der Waals surface area contributed by atoms with Gasteiger partial charge in [0.05, 0.1) is 34.4 Å². The van der Waals surface area contributed by atoms with Crippen LogP contribution in [0.15, 0.2) is 12.7 Å². The van der Waals surface area contributed by atoms with Crippen LogP contribution in [0.1, 0.15) is 13.8 Å². The lowest BCUT2D eigenvalue weighted by Crippen LogP contribution is -2.38. The van der Waals surface area contributed by atoms with E-state index in [2.05, 4.69) is 32.2 Å². The van der Waals surface area contributed by atoms with Gasteiger partial charge in [0, 0.05) is 6.08 Å². The summed E-state index contributed by atoms with van der Waals surface area (Å²) in [5, 5.41) is 0. The van der Waals surface area contributed by atoms with Gasteiger partial charge in [-0.2, -0.15) is 0 Å². The molecule has 0 bridgehead atoms. The number of quaternary nitrogens is 1. The molecule has 0 aliphatic heterocycles. The van der Waals surface area contributed by atoms with E-state index in [1.54, 1.807) is 6.92 Å². The van der Waals surface area contributed by atoms with Gasteiger partial charge in [0.2, 0.25) is 6.29 Å². The van der Waals surface area contributed by atoms with Crippen molar-refractivity contribution in [1.29, 1.82) is 0 Å². The third kappa shape index (κ3) is 21.7. The molecule has 0 aliphatic rings. The zero-order valence-electron chi connectivity index (χ0n) is 13.3. The Hall–Kier alpha value is -0.760. The molecule has 21 heavy (non-hydrogen) atoms. The topological polar surface area (TPSA) is 102 Å². The van der Waals surface area contributed by atoms with Crippen molar-refractivity contribution < 1.29 is 37.6 Å². The third-order valence-corrected chi connectivity index (χ3v) is 2.46. The van der Waals surface area contributed by atoms with Gasteiger partial charge in [0.15, 0.2) is 0 Å². The number of likely N-dealkylation sites (N-methyl/N-ethyl adjacent to an activating group) is 1. The Labute approximate surface area is 126 Å². The molecule has 0 amide bonds. The van der Waals surface area contributed by atoms with E-state index in [9.17, 15) is 9.36 Å². The smallest absolute Gasteiger partial charge is 0.433 e. The first-order valence-electron chi connectivity index (χ1n) is 6.36. The fraction of sp³-hybridized carbons (Fsp3) is 0.750. The number of phosphoric ester groups is 1. The molecule has 8 nitrogen and oxygen atoms in total. The summed E-state index contributed by atoms with van der Waals surface area (Å²) in [6.07, 6.45) is 0.617. The SMILES string of the molecule is C=CC(=O)OC(C)OCC[N+](C)(C)C.CCOP(=O)(O)O. The van der Waals surface area contributed by atoms with Gasteiger partial charge in [-0.25, -0.2) is 9.36 Å². The number of esters is 1. The molecule has 0 saturated carbocycles. The van der Waals surface area contributed by atoms with Crippen LogP contribution in [-0.2, 0) is 23.4 Å². The molecular formula is C12H27NO7P+. The summed E-state index contributed by atoms with van der Waals surface area (Å²) in [4.78, 5) is 26.6. The standard InChI is InChI=1S/C10H20NO3.C2H7O4P/c1-6-10(12)14-9(2)13-8-7-11(3,4)5;1-2-6-7(3,4)5/h6,9H,1,7-8H2,2-5H3;2H2,1H3,(H2,3,4,5)/q+1;. The van der Waals surface area contributed by atoms with E-state index in [0.717, 1.165) is 17.1 Å². The average Bonchev–Trinajstić information content (AvgIpc) is 2.26. The van der Waals surface area contributed by atoms with Crippen molar-refractivity contribution in [2.75, 3.05) is 40.9 Å². The molecule has 0 saturated heterocycles. The minimum atomic E-state index is -4.17. The Morgan fingerprint density at radius 3 is 2.19 bits per heavy atom. The normalized spacial score (nSPS) is 12.9. The number of carbonyl (C=O) groups excluding carboxylic acids is 1. The van der Waals surface area contributed by atoms with Crippen LogP contribution in [0, 0.1) is 0 Å². The summed E-state index contributed by atoms with van der Waals surface area (Å²) in [5.41, 5.74) is 0. The predicted octanol–water partition coefficient (Wildman–Crippen LogP) is 0.900. The second-order valence-corrected chi connectivity index (χ2v) is 6.24. The highest BCUT2D eigenvalue weighted by atomic mass is 31.2. The maximum atomic E-state index is 10.8. The van der Waals surface area contributed by atoms with Crippen molar-refractivity contribution in [1.82, 2.24) is 0 Å². The van der Waals surface area contributed by atoms with E-state index in [0.29, 0.717) is 6.61 Å². The molecular weight excluding hydrogens is 301 g/mol. The largest absolute Gasteiger partial charge is 0.469 e. The molecule has 0 radical (unpaired) electrons. The van der Waals surface area contributed by atoms with Crippen molar-refractivity contribution in [2.45, 2.75) is 20.1 Å². The maximum absolute atomic E-state index is 10.8. The zero-order chi connectivity index (χ0) is 17.1. The predicted molar refractivity (Wildman–Crippen MR) is 78.3 cm³/mol. The van der Waals surface area contributed by atoms with Gasteiger partial charge in [-0.15, -0.1) is 0 Å². The molecule has 0 aromatic rings. The van der Waals surface area contributed by atoms with Gasteiger partial charge in [-0.3, -0.25) is 4.52 Å². The maximum Gasteiger partial charge on any atom is 0.469 e. The van der Waals surface area contributed by atoms with E-state index in [1.165, 1.54) is 6.92 Å². The van der Waals surface area contributed by atoms with Crippen LogP contribution < -0.4 is 0 Å². The molecule has 1 atom stereocenters. The second-order valence-electron chi connectivity index (χ2n) is 5.00. The van der Waals surface area contributed by atoms with E-state index >= 15 is 0 Å². The van der Waals surface area contributed by atoms with Crippen LogP contribution in [0.25, 0.3) is 0 Å². The first-order valence-corrected chi connectivity index (χ1v) is 7.89. The van der Waals surface area contributed by atoms with Crippen molar-refractivity contribution in [3.63, 3.8) is 0 Å². The van der Waals surface area contributed by atoms with Gasteiger partial charge in [-0.1, -0.05) is 6.58 Å². The van der Waals surface area contributed by atoms with Gasteiger partial charge in [0.1, 0.15) is 6.54 Å². The van der Waals surface area contributed by atoms with Gasteiger partial charge < -0.3 is 23.7 Å². The van der Waals surface area contributed by atoms with Crippen LogP contribution in [0.2, 0.25) is 0 Å². The van der Waals surface area contributed by atoms with Crippen molar-refractivity contribution >= 4 is 13.8 Å². The highest BCUT2D eigenvalue weighted by Crippen LogP contribution is 2.34. The molecule has 126 valence electrons. The molecule has 0 rings (SSSR count). The van der Waals surface area contributed by atoms with Gasteiger partial charge in [-0.05, 0) is 13.8 Å². The number of carbonyl (C=O) groups is 1. The minimum absolute atomic E-state index is 0.0459. The lowest BCUT2D eigenvalue weighted by atomic mass is 10.5. The summed E-state index contributed by atoms with van der Waals surface area (Å²) in [7, 11) is 2.05. The molecule has 0 fully saturated rings. The molecule has 2 N–H and O–H groups in total. The minimum Gasteiger partial charge on any atom is -0.433 e. The van der Waals surface area contributed by atoms with Crippen LogP contribution >= 0.6 is 7.82 Å². The average molecular weight is 328 g/mol. The molecule has 1 unspecified atom stereocenters. The van der Waals surface area contributed by atoms with Crippen molar-refractivity contribution in [3.05, 3.63) is 12.7 Å². The summed E-state index contributed by atoms with van der Waals surface area (Å²) in [5.74, 6) is -0.456. The second kappa shape index (κ2) is 10.9. The Kier molecular flexibility index (Phi) is 11.7. The van der Waals surface area contributed by atoms with Crippen molar-refractivity contribution in [3.8, 4) is 0 Å². The van der Waals surface area contributed by atoms with E-state index in [-0.39, 0.29) is 6.61 Å². The first kappa shape index (κ1) is 22.5. The van der Waals surface area contributed by atoms with Crippen LogP contribution in [0.5, 0.6) is 0 Å². The molecule has 0 aromatic heterocycles. The van der Waals surface area contributed by atoms with Gasteiger partial charge >= 0.3 is 13.8 Å². The number of rotatable bonds is 8. The van der Waals surface area contributed by atoms with Crippen LogP contribution in [0.4, 0.5) is 0 Å². The molecule has 0 aliphatic carbocycles.